The number of nitrogens with zero attached hydrogens (tertiary/aromatic N) is 1. The Labute approximate surface area is 175 Å². The largest absolute Gasteiger partial charge is 0.494 e. The molecule has 0 bridgehead atoms. The number of hydrogen-bond acceptors (Lipinski definition) is 5. The van der Waals surface area contributed by atoms with Crippen molar-refractivity contribution in [2.45, 2.75) is 41.7 Å². The van der Waals surface area contributed by atoms with E-state index in [4.69, 9.17) is 4.74 Å². The van der Waals surface area contributed by atoms with Crippen molar-refractivity contribution < 1.29 is 17.9 Å². The first kappa shape index (κ1) is 20.1. The van der Waals surface area contributed by atoms with Crippen molar-refractivity contribution in [1.82, 2.24) is 0 Å². The van der Waals surface area contributed by atoms with Crippen LogP contribution in [0.1, 0.15) is 26.7 Å². The third-order valence-corrected chi connectivity index (χ3v) is 7.44. The summed E-state index contributed by atoms with van der Waals surface area (Å²) in [6, 6.07) is 11.8. The third-order valence-electron chi connectivity index (χ3n) is 4.91. The smallest absolute Gasteiger partial charge is 0.261 e. The fraction of sp³-hybridized carbons (Fsp3) is 0.381. The fourth-order valence-corrected chi connectivity index (χ4v) is 5.52. The lowest BCUT2D eigenvalue weighted by atomic mass is 10.2. The van der Waals surface area contributed by atoms with Gasteiger partial charge in [-0.25, -0.2) is 8.42 Å². The van der Waals surface area contributed by atoms with Crippen LogP contribution in [0.4, 0.5) is 11.4 Å². The summed E-state index contributed by atoms with van der Waals surface area (Å²) >= 11 is 1.67. The van der Waals surface area contributed by atoms with E-state index in [1.165, 1.54) is 0 Å². The predicted molar refractivity (Wildman–Crippen MR) is 115 cm³/mol. The molecule has 0 aromatic heterocycles. The highest BCUT2D eigenvalue weighted by Crippen LogP contribution is 2.42. The number of anilines is 2. The van der Waals surface area contributed by atoms with Crippen LogP contribution in [-0.2, 0) is 14.8 Å². The van der Waals surface area contributed by atoms with E-state index >= 15 is 0 Å². The number of thioether (sulfide) groups is 1. The predicted octanol–water partition coefficient (Wildman–Crippen LogP) is 4.12. The van der Waals surface area contributed by atoms with Gasteiger partial charge in [0.2, 0.25) is 5.91 Å². The topological polar surface area (TPSA) is 75.7 Å². The lowest BCUT2D eigenvalue weighted by Crippen LogP contribution is -2.39. The lowest BCUT2D eigenvalue weighted by Gasteiger charge is -2.33. The van der Waals surface area contributed by atoms with Crippen LogP contribution in [-0.4, -0.2) is 32.7 Å². The molecule has 29 heavy (non-hydrogen) atoms. The molecule has 1 fully saturated rings. The average Bonchev–Trinajstić information content (AvgIpc) is 3.53. The second-order valence-corrected chi connectivity index (χ2v) is 10.5. The van der Waals surface area contributed by atoms with E-state index in [1.807, 2.05) is 6.92 Å². The molecule has 1 atom stereocenters. The van der Waals surface area contributed by atoms with Crippen molar-refractivity contribution in [3.05, 3.63) is 42.5 Å². The fourth-order valence-electron chi connectivity index (χ4n) is 3.34. The van der Waals surface area contributed by atoms with Crippen LogP contribution in [0.25, 0.3) is 0 Å². The van der Waals surface area contributed by atoms with Crippen LogP contribution < -0.4 is 14.4 Å². The summed E-state index contributed by atoms with van der Waals surface area (Å²) in [6.45, 7) is 5.12. The number of carbonyl (C=O) groups is 1. The molecule has 0 radical (unpaired) electrons. The van der Waals surface area contributed by atoms with Gasteiger partial charge in [0, 0.05) is 28.3 Å². The molecule has 2 aromatic carbocycles. The van der Waals surface area contributed by atoms with E-state index in [-0.39, 0.29) is 22.0 Å². The molecule has 8 heteroatoms. The van der Waals surface area contributed by atoms with Crippen molar-refractivity contribution in [3.63, 3.8) is 0 Å². The number of sulfonamides is 1. The van der Waals surface area contributed by atoms with Gasteiger partial charge in [-0.05, 0) is 62.2 Å². The van der Waals surface area contributed by atoms with E-state index in [0.717, 1.165) is 17.7 Å². The van der Waals surface area contributed by atoms with Gasteiger partial charge in [-0.1, -0.05) is 6.92 Å². The number of ether oxygens (including phenoxy) is 1. The Hall–Kier alpha value is -2.19. The number of rotatable bonds is 6. The summed E-state index contributed by atoms with van der Waals surface area (Å²) in [5.41, 5.74) is 1.15. The molecule has 1 saturated carbocycles. The van der Waals surface area contributed by atoms with Gasteiger partial charge in [-0.3, -0.25) is 9.52 Å². The monoisotopic (exact) mass is 432 g/mol. The van der Waals surface area contributed by atoms with E-state index < -0.39 is 10.0 Å². The Morgan fingerprint density at radius 1 is 1.21 bits per heavy atom. The van der Waals surface area contributed by atoms with Crippen LogP contribution in [0.2, 0.25) is 0 Å². The van der Waals surface area contributed by atoms with E-state index in [2.05, 4.69) is 11.6 Å². The Kier molecular flexibility index (Phi) is 5.48. The molecular weight excluding hydrogens is 408 g/mol. The molecule has 1 amide bonds. The standard InChI is InChI=1S/C21H24N2O4S2/c1-3-27-17-8-6-16(7-9-17)22-29(25,26)18-10-11-20-19(12-18)23(13-14(2)28-20)21(24)15-4-5-15/h6-12,14-15,22H,3-5,13H2,1-2H3/t14-/m1/s1. The molecule has 1 aliphatic heterocycles. The highest BCUT2D eigenvalue weighted by molar-refractivity contribution is 8.00. The van der Waals surface area contributed by atoms with Crippen LogP contribution in [0.3, 0.4) is 0 Å². The normalized spacial score (nSPS) is 18.8. The number of amides is 1. The molecule has 154 valence electrons. The zero-order valence-electron chi connectivity index (χ0n) is 16.4. The molecule has 0 spiro atoms. The maximum Gasteiger partial charge on any atom is 0.261 e. The summed E-state index contributed by atoms with van der Waals surface area (Å²) in [5.74, 6) is 0.873. The summed E-state index contributed by atoms with van der Waals surface area (Å²) < 4.78 is 33.9. The number of carbonyl (C=O) groups excluding carboxylic acids is 1. The summed E-state index contributed by atoms with van der Waals surface area (Å²) in [5, 5.41) is 0.273. The van der Waals surface area contributed by atoms with E-state index in [9.17, 15) is 13.2 Å². The first-order chi connectivity index (χ1) is 13.9. The molecule has 2 aliphatic rings. The summed E-state index contributed by atoms with van der Waals surface area (Å²) in [7, 11) is -3.78. The zero-order valence-corrected chi connectivity index (χ0v) is 18.1. The zero-order chi connectivity index (χ0) is 20.6. The molecule has 1 N–H and O–H groups in total. The SMILES string of the molecule is CCOc1ccc(NS(=O)(=O)c2ccc3c(c2)N(C(=O)C2CC2)C[C@@H](C)S3)cc1. The molecule has 0 saturated heterocycles. The Bertz CT molecular complexity index is 1020. The third kappa shape index (κ3) is 4.38. The summed E-state index contributed by atoms with van der Waals surface area (Å²) in [4.78, 5) is 15.6. The van der Waals surface area contributed by atoms with Crippen molar-refractivity contribution in [1.29, 1.82) is 0 Å². The van der Waals surface area contributed by atoms with Gasteiger partial charge >= 0.3 is 0 Å². The second kappa shape index (κ2) is 7.91. The number of fused-ring (bicyclic) bond motifs is 1. The minimum absolute atomic E-state index is 0.0837. The lowest BCUT2D eigenvalue weighted by molar-refractivity contribution is -0.119. The van der Waals surface area contributed by atoms with Crippen LogP contribution >= 0.6 is 11.8 Å². The number of hydrogen-bond donors (Lipinski definition) is 1. The van der Waals surface area contributed by atoms with Gasteiger partial charge in [-0.2, -0.15) is 0 Å². The van der Waals surface area contributed by atoms with Gasteiger partial charge in [0.25, 0.3) is 10.0 Å². The first-order valence-corrected chi connectivity index (χ1v) is 12.1. The number of nitrogens with one attached hydrogen (secondary N) is 1. The minimum atomic E-state index is -3.78. The quantitative estimate of drug-likeness (QED) is 0.743. The van der Waals surface area contributed by atoms with Gasteiger partial charge in [0.15, 0.2) is 0 Å². The van der Waals surface area contributed by atoms with Crippen molar-refractivity contribution >= 4 is 39.1 Å². The summed E-state index contributed by atoms with van der Waals surface area (Å²) in [6.07, 6.45) is 1.84. The molecule has 1 heterocycles. The average molecular weight is 433 g/mol. The Morgan fingerprint density at radius 2 is 1.93 bits per heavy atom. The van der Waals surface area contributed by atoms with Gasteiger partial charge < -0.3 is 9.64 Å². The molecule has 1 aliphatic carbocycles. The molecule has 6 nitrogen and oxygen atoms in total. The second-order valence-electron chi connectivity index (χ2n) is 7.34. The first-order valence-electron chi connectivity index (χ1n) is 9.75. The molecule has 4 rings (SSSR count). The Morgan fingerprint density at radius 3 is 2.59 bits per heavy atom. The van der Waals surface area contributed by atoms with Gasteiger partial charge in [0.05, 0.1) is 17.2 Å². The highest BCUT2D eigenvalue weighted by atomic mass is 32.2. The Balaban J connectivity index is 1.61. The van der Waals surface area contributed by atoms with Crippen molar-refractivity contribution in [2.75, 3.05) is 22.8 Å². The number of benzene rings is 2. The van der Waals surface area contributed by atoms with Crippen LogP contribution in [0, 0.1) is 5.92 Å². The molecule has 2 aromatic rings. The van der Waals surface area contributed by atoms with E-state index in [1.54, 1.807) is 59.1 Å². The van der Waals surface area contributed by atoms with Gasteiger partial charge in [0.1, 0.15) is 5.75 Å². The molecular formula is C21H24N2O4S2. The van der Waals surface area contributed by atoms with Crippen molar-refractivity contribution in [3.8, 4) is 5.75 Å². The van der Waals surface area contributed by atoms with Crippen molar-refractivity contribution in [2.24, 2.45) is 5.92 Å². The maximum absolute atomic E-state index is 12.9. The highest BCUT2D eigenvalue weighted by Gasteiger charge is 2.37. The van der Waals surface area contributed by atoms with Crippen LogP contribution in [0.15, 0.2) is 52.3 Å². The molecule has 0 unspecified atom stereocenters. The maximum atomic E-state index is 12.9. The van der Waals surface area contributed by atoms with Gasteiger partial charge in [-0.15, -0.1) is 11.8 Å². The van der Waals surface area contributed by atoms with Crippen LogP contribution in [0.5, 0.6) is 5.75 Å². The van der Waals surface area contributed by atoms with E-state index in [0.29, 0.717) is 30.3 Å². The minimum Gasteiger partial charge on any atom is -0.494 e.